The first kappa shape index (κ1) is 16.7. The molecule has 5 nitrogen and oxygen atoms in total. The molecule has 0 fully saturated rings. The van der Waals surface area contributed by atoms with Gasteiger partial charge in [0.05, 0.1) is 11.4 Å². The first-order valence-corrected chi connectivity index (χ1v) is 9.51. The number of rotatable bonds is 5. The van der Waals surface area contributed by atoms with Gasteiger partial charge in [-0.1, -0.05) is 48.2 Å². The maximum atomic E-state index is 12.6. The predicted molar refractivity (Wildman–Crippen MR) is 104 cm³/mol. The van der Waals surface area contributed by atoms with Crippen LogP contribution in [-0.4, -0.2) is 27.3 Å². The Hall–Kier alpha value is -2.73. The van der Waals surface area contributed by atoms with Gasteiger partial charge in [-0.3, -0.25) is 4.79 Å². The van der Waals surface area contributed by atoms with Crippen molar-refractivity contribution < 1.29 is 9.53 Å². The fraction of sp³-hybridized carbons (Fsp3) is 0.200. The minimum absolute atomic E-state index is 0.192. The molecule has 0 saturated carbocycles. The number of aromatic nitrogens is 2. The summed E-state index contributed by atoms with van der Waals surface area (Å²) in [5.41, 5.74) is 2.53. The number of anilines is 1. The summed E-state index contributed by atoms with van der Waals surface area (Å²) < 4.78 is 7.86. The van der Waals surface area contributed by atoms with Crippen LogP contribution in [0.2, 0.25) is 0 Å². The average molecular weight is 365 g/mol. The Balaban J connectivity index is 1.52. The molecule has 132 valence electrons. The van der Waals surface area contributed by atoms with Gasteiger partial charge >= 0.3 is 0 Å². The number of fused-ring (bicyclic) bond motifs is 1. The number of hydrogen-bond donors (Lipinski definition) is 1. The zero-order valence-electron chi connectivity index (χ0n) is 14.4. The third kappa shape index (κ3) is 3.46. The second-order valence-electron chi connectivity index (χ2n) is 6.06. The highest BCUT2D eigenvalue weighted by Crippen LogP contribution is 2.32. The Morgan fingerprint density at radius 3 is 2.77 bits per heavy atom. The molecule has 4 rings (SSSR count). The molecule has 0 spiro atoms. The van der Waals surface area contributed by atoms with Crippen molar-refractivity contribution >= 4 is 23.4 Å². The number of aryl methyl sites for hydroxylation is 1. The van der Waals surface area contributed by atoms with E-state index in [1.165, 1.54) is 0 Å². The van der Waals surface area contributed by atoms with Crippen molar-refractivity contribution in [2.24, 2.45) is 0 Å². The number of para-hydroxylation sites is 2. The SMILES string of the molecule is CC(Oc1ccccc1)C(=O)Nc1ccccc1-c1cn2c(n1)SCC2. The van der Waals surface area contributed by atoms with Gasteiger partial charge in [0.2, 0.25) is 0 Å². The number of nitrogens with one attached hydrogen (secondary N) is 1. The smallest absolute Gasteiger partial charge is 0.265 e. The first-order chi connectivity index (χ1) is 12.7. The van der Waals surface area contributed by atoms with Gasteiger partial charge in [0.15, 0.2) is 11.3 Å². The van der Waals surface area contributed by atoms with Gasteiger partial charge in [0.1, 0.15) is 5.75 Å². The lowest BCUT2D eigenvalue weighted by molar-refractivity contribution is -0.122. The van der Waals surface area contributed by atoms with E-state index in [1.807, 2.05) is 60.8 Å². The molecule has 1 unspecified atom stereocenters. The van der Waals surface area contributed by atoms with E-state index >= 15 is 0 Å². The maximum absolute atomic E-state index is 12.6. The molecule has 3 aromatic rings. The zero-order chi connectivity index (χ0) is 17.9. The van der Waals surface area contributed by atoms with Crippen LogP contribution in [0, 0.1) is 0 Å². The molecule has 0 bridgehead atoms. The van der Waals surface area contributed by atoms with Crippen molar-refractivity contribution in [3.05, 3.63) is 60.8 Å². The lowest BCUT2D eigenvalue weighted by atomic mass is 10.1. The molecule has 1 aromatic heterocycles. The lowest BCUT2D eigenvalue weighted by Gasteiger charge is -2.16. The Kier molecular flexibility index (Phi) is 4.67. The fourth-order valence-corrected chi connectivity index (χ4v) is 3.79. The Morgan fingerprint density at radius 1 is 1.19 bits per heavy atom. The molecule has 1 aliphatic heterocycles. The van der Waals surface area contributed by atoms with E-state index in [0.717, 1.165) is 34.4 Å². The summed E-state index contributed by atoms with van der Waals surface area (Å²) in [5, 5.41) is 4.00. The van der Waals surface area contributed by atoms with E-state index in [2.05, 4.69) is 14.9 Å². The van der Waals surface area contributed by atoms with Gasteiger partial charge < -0.3 is 14.6 Å². The van der Waals surface area contributed by atoms with E-state index in [-0.39, 0.29) is 5.91 Å². The van der Waals surface area contributed by atoms with Gasteiger partial charge in [0, 0.05) is 24.1 Å². The van der Waals surface area contributed by atoms with Crippen molar-refractivity contribution in [1.29, 1.82) is 0 Å². The van der Waals surface area contributed by atoms with Crippen LogP contribution in [0.1, 0.15) is 6.92 Å². The van der Waals surface area contributed by atoms with Gasteiger partial charge in [-0.25, -0.2) is 4.98 Å². The number of thioether (sulfide) groups is 1. The molecule has 1 atom stereocenters. The third-order valence-electron chi connectivity index (χ3n) is 4.19. The van der Waals surface area contributed by atoms with E-state index in [9.17, 15) is 4.79 Å². The summed E-state index contributed by atoms with van der Waals surface area (Å²) in [6.07, 6.45) is 1.44. The van der Waals surface area contributed by atoms with Crippen molar-refractivity contribution in [3.63, 3.8) is 0 Å². The molecule has 2 heterocycles. The normalized spacial score (nSPS) is 13.9. The molecule has 26 heavy (non-hydrogen) atoms. The lowest BCUT2D eigenvalue weighted by Crippen LogP contribution is -2.30. The summed E-state index contributed by atoms with van der Waals surface area (Å²) in [6.45, 7) is 2.72. The molecule has 1 amide bonds. The Labute approximate surface area is 156 Å². The predicted octanol–water partition coefficient (Wildman–Crippen LogP) is 4.06. The minimum atomic E-state index is -0.604. The molecular weight excluding hydrogens is 346 g/mol. The monoisotopic (exact) mass is 365 g/mol. The van der Waals surface area contributed by atoms with Gasteiger partial charge in [-0.05, 0) is 25.1 Å². The van der Waals surface area contributed by atoms with Gasteiger partial charge in [-0.15, -0.1) is 0 Å². The van der Waals surface area contributed by atoms with E-state index in [1.54, 1.807) is 18.7 Å². The topological polar surface area (TPSA) is 56.1 Å². The molecule has 0 saturated heterocycles. The van der Waals surface area contributed by atoms with Gasteiger partial charge in [-0.2, -0.15) is 0 Å². The number of nitrogens with zero attached hydrogens (tertiary/aromatic N) is 2. The largest absolute Gasteiger partial charge is 0.481 e. The molecule has 2 aromatic carbocycles. The quantitative estimate of drug-likeness (QED) is 0.741. The highest BCUT2D eigenvalue weighted by Gasteiger charge is 2.19. The number of hydrogen-bond acceptors (Lipinski definition) is 4. The number of benzene rings is 2. The standard InChI is InChI=1S/C20H19N3O2S/c1-14(25-15-7-3-2-4-8-15)19(24)21-17-10-6-5-9-16(17)18-13-23-11-12-26-20(23)22-18/h2-10,13-14H,11-12H2,1H3,(H,21,24). The number of carbonyl (C=O) groups is 1. The van der Waals surface area contributed by atoms with Crippen molar-refractivity contribution in [2.75, 3.05) is 11.1 Å². The Bertz CT molecular complexity index is 902. The molecule has 0 radical (unpaired) electrons. The van der Waals surface area contributed by atoms with Gasteiger partial charge in [0.25, 0.3) is 5.91 Å². The second-order valence-corrected chi connectivity index (χ2v) is 7.12. The van der Waals surface area contributed by atoms with Crippen LogP contribution in [0.15, 0.2) is 66.0 Å². The minimum Gasteiger partial charge on any atom is -0.481 e. The maximum Gasteiger partial charge on any atom is 0.265 e. The van der Waals surface area contributed by atoms with Crippen LogP contribution < -0.4 is 10.1 Å². The summed E-state index contributed by atoms with van der Waals surface area (Å²) in [7, 11) is 0. The van der Waals surface area contributed by atoms with Crippen LogP contribution in [0.25, 0.3) is 11.3 Å². The van der Waals surface area contributed by atoms with E-state index in [0.29, 0.717) is 5.75 Å². The number of imidazole rings is 1. The number of carbonyl (C=O) groups excluding carboxylic acids is 1. The van der Waals surface area contributed by atoms with Crippen molar-refractivity contribution in [1.82, 2.24) is 9.55 Å². The highest BCUT2D eigenvalue weighted by molar-refractivity contribution is 7.99. The van der Waals surface area contributed by atoms with Crippen LogP contribution >= 0.6 is 11.8 Å². The fourth-order valence-electron chi connectivity index (χ4n) is 2.85. The van der Waals surface area contributed by atoms with Crippen molar-refractivity contribution in [2.45, 2.75) is 24.7 Å². The Morgan fingerprint density at radius 2 is 1.96 bits per heavy atom. The summed E-state index contributed by atoms with van der Waals surface area (Å²) in [4.78, 5) is 17.3. The average Bonchev–Trinajstić information content (AvgIpc) is 3.25. The van der Waals surface area contributed by atoms with Crippen LogP contribution in [-0.2, 0) is 11.3 Å². The summed E-state index contributed by atoms with van der Waals surface area (Å²) >= 11 is 1.75. The van der Waals surface area contributed by atoms with E-state index < -0.39 is 6.10 Å². The third-order valence-corrected chi connectivity index (χ3v) is 5.16. The molecule has 1 aliphatic rings. The number of ether oxygens (including phenoxy) is 1. The molecule has 1 N–H and O–H groups in total. The van der Waals surface area contributed by atoms with Crippen LogP contribution in [0.5, 0.6) is 5.75 Å². The van der Waals surface area contributed by atoms with Crippen LogP contribution in [0.4, 0.5) is 5.69 Å². The molecule has 6 heteroatoms. The summed E-state index contributed by atoms with van der Waals surface area (Å²) in [6, 6.07) is 17.1. The first-order valence-electron chi connectivity index (χ1n) is 8.52. The van der Waals surface area contributed by atoms with E-state index in [4.69, 9.17) is 4.74 Å². The number of amides is 1. The van der Waals surface area contributed by atoms with Crippen LogP contribution in [0.3, 0.4) is 0 Å². The summed E-state index contributed by atoms with van der Waals surface area (Å²) in [5.74, 6) is 1.54. The zero-order valence-corrected chi connectivity index (χ0v) is 15.2. The second kappa shape index (κ2) is 7.25. The van der Waals surface area contributed by atoms with Crippen molar-refractivity contribution in [3.8, 4) is 17.0 Å². The highest BCUT2D eigenvalue weighted by atomic mass is 32.2. The molecule has 0 aliphatic carbocycles. The molecular formula is C20H19N3O2S.